The number of hydrogen-bond donors (Lipinski definition) is 2. The van der Waals surface area contributed by atoms with Crippen LogP contribution in [0.4, 0.5) is 35.0 Å². The van der Waals surface area contributed by atoms with E-state index in [1.165, 1.54) is 12.4 Å². The lowest BCUT2D eigenvalue weighted by molar-refractivity contribution is 0.122. The number of alkyl halides is 2. The molecule has 2 N–H and O–H groups in total. The molecule has 27 heavy (non-hydrogen) atoms. The topological polar surface area (TPSA) is 67.7 Å². The van der Waals surface area contributed by atoms with Gasteiger partial charge >= 0.3 is 0 Å². The van der Waals surface area contributed by atoms with E-state index in [2.05, 4.69) is 25.7 Å². The zero-order valence-electron chi connectivity index (χ0n) is 14.3. The Balaban J connectivity index is 1.70. The number of aryl methyl sites for hydroxylation is 1. The first-order valence-electron chi connectivity index (χ1n) is 8.00. The summed E-state index contributed by atoms with van der Waals surface area (Å²) in [6, 6.07) is 3.21. The zero-order chi connectivity index (χ0) is 19.4. The fourth-order valence-corrected chi connectivity index (χ4v) is 2.34. The molecule has 0 aliphatic heterocycles. The minimum Gasteiger partial charge on any atom is -0.365 e. The van der Waals surface area contributed by atoms with Crippen molar-refractivity contribution in [2.75, 3.05) is 10.6 Å². The van der Waals surface area contributed by atoms with Gasteiger partial charge in [-0.15, -0.1) is 0 Å². The molecule has 142 valence electrons. The molecule has 6 nitrogen and oxygen atoms in total. The van der Waals surface area contributed by atoms with Gasteiger partial charge < -0.3 is 10.6 Å². The maximum Gasteiger partial charge on any atom is 0.257 e. The predicted molar refractivity (Wildman–Crippen MR) is 92.0 cm³/mol. The molecule has 0 fully saturated rings. The third-order valence-electron chi connectivity index (χ3n) is 3.64. The van der Waals surface area contributed by atoms with Gasteiger partial charge in [-0.2, -0.15) is 10.1 Å². The summed E-state index contributed by atoms with van der Waals surface area (Å²) in [5.74, 6) is -0.424. The SMILES string of the molecule is Cc1cnc(Nc2cnn(CC(F)F)c2)nc1NCc1cc(F)ccc1F. The number of nitrogens with zero attached hydrogens (tertiary/aromatic N) is 4. The second kappa shape index (κ2) is 8.02. The van der Waals surface area contributed by atoms with E-state index in [1.807, 2.05) is 0 Å². The van der Waals surface area contributed by atoms with Crippen LogP contribution in [0.25, 0.3) is 0 Å². The van der Waals surface area contributed by atoms with Crippen molar-refractivity contribution in [3.8, 4) is 0 Å². The Morgan fingerprint density at radius 3 is 2.78 bits per heavy atom. The van der Waals surface area contributed by atoms with E-state index < -0.39 is 24.6 Å². The molecule has 0 atom stereocenters. The molecule has 0 saturated heterocycles. The van der Waals surface area contributed by atoms with Gasteiger partial charge in [-0.25, -0.2) is 22.5 Å². The van der Waals surface area contributed by atoms with E-state index >= 15 is 0 Å². The third kappa shape index (κ3) is 4.93. The first-order chi connectivity index (χ1) is 12.9. The lowest BCUT2D eigenvalue weighted by Gasteiger charge is -2.11. The van der Waals surface area contributed by atoms with E-state index in [4.69, 9.17) is 0 Å². The highest BCUT2D eigenvalue weighted by molar-refractivity contribution is 5.54. The molecule has 0 unspecified atom stereocenters. The highest BCUT2D eigenvalue weighted by Gasteiger charge is 2.09. The lowest BCUT2D eigenvalue weighted by atomic mass is 10.2. The minimum atomic E-state index is -2.51. The molecule has 0 bridgehead atoms. The van der Waals surface area contributed by atoms with Crippen molar-refractivity contribution < 1.29 is 17.6 Å². The summed E-state index contributed by atoms with van der Waals surface area (Å²) in [7, 11) is 0. The average Bonchev–Trinajstić information content (AvgIpc) is 3.04. The molecule has 0 aliphatic rings. The number of hydrogen-bond acceptors (Lipinski definition) is 5. The van der Waals surface area contributed by atoms with Gasteiger partial charge in [-0.05, 0) is 25.1 Å². The highest BCUT2D eigenvalue weighted by Crippen LogP contribution is 2.18. The summed E-state index contributed by atoms with van der Waals surface area (Å²) >= 11 is 0. The standard InChI is InChI=1S/C17H16F4N6/c1-10-5-23-17(25-13-7-24-27(8-13)9-15(20)21)26-16(10)22-6-11-4-12(18)2-3-14(11)19/h2-5,7-8,15H,6,9H2,1H3,(H2,22,23,25,26). The van der Waals surface area contributed by atoms with Gasteiger partial charge in [0.15, 0.2) is 0 Å². The number of benzene rings is 1. The predicted octanol–water partition coefficient (Wildman–Crippen LogP) is 3.88. The van der Waals surface area contributed by atoms with Gasteiger partial charge in [-0.3, -0.25) is 4.68 Å². The quantitative estimate of drug-likeness (QED) is 0.609. The van der Waals surface area contributed by atoms with Gasteiger partial charge in [0.2, 0.25) is 5.95 Å². The van der Waals surface area contributed by atoms with E-state index in [9.17, 15) is 17.6 Å². The first-order valence-corrected chi connectivity index (χ1v) is 8.00. The highest BCUT2D eigenvalue weighted by atomic mass is 19.3. The Kier molecular flexibility index (Phi) is 5.53. The number of nitrogens with one attached hydrogen (secondary N) is 2. The summed E-state index contributed by atoms with van der Waals surface area (Å²) in [5, 5.41) is 9.61. The molecule has 0 radical (unpaired) electrons. The molecule has 2 aromatic heterocycles. The normalized spacial score (nSPS) is 11.0. The summed E-state index contributed by atoms with van der Waals surface area (Å²) in [6.07, 6.45) is 1.82. The first kappa shape index (κ1) is 18.6. The molecule has 0 aliphatic carbocycles. The molecule has 2 heterocycles. The summed E-state index contributed by atoms with van der Waals surface area (Å²) < 4.78 is 52.8. The fraction of sp³-hybridized carbons (Fsp3) is 0.235. The van der Waals surface area contributed by atoms with Gasteiger partial charge in [0.25, 0.3) is 6.43 Å². The van der Waals surface area contributed by atoms with Crippen LogP contribution in [0.2, 0.25) is 0 Å². The Labute approximate surface area is 152 Å². The maximum atomic E-state index is 13.7. The number of aromatic nitrogens is 4. The molecule has 0 spiro atoms. The van der Waals surface area contributed by atoms with Crippen LogP contribution in [0.1, 0.15) is 11.1 Å². The Morgan fingerprint density at radius 1 is 1.19 bits per heavy atom. The zero-order valence-corrected chi connectivity index (χ0v) is 14.3. The van der Waals surface area contributed by atoms with E-state index in [-0.39, 0.29) is 18.1 Å². The fourth-order valence-electron chi connectivity index (χ4n) is 2.34. The van der Waals surface area contributed by atoms with Crippen LogP contribution in [-0.4, -0.2) is 26.2 Å². The molecule has 1 aromatic carbocycles. The minimum absolute atomic E-state index is 0.0349. The molecular weight excluding hydrogens is 364 g/mol. The largest absolute Gasteiger partial charge is 0.365 e. The van der Waals surface area contributed by atoms with Crippen LogP contribution in [0, 0.1) is 18.6 Å². The van der Waals surface area contributed by atoms with Crippen molar-refractivity contribution in [2.24, 2.45) is 0 Å². The van der Waals surface area contributed by atoms with Crippen LogP contribution in [-0.2, 0) is 13.1 Å². The summed E-state index contributed by atoms with van der Waals surface area (Å²) in [6.45, 7) is 1.28. The van der Waals surface area contributed by atoms with Crippen molar-refractivity contribution >= 4 is 17.5 Å². The van der Waals surface area contributed by atoms with Crippen LogP contribution in [0.3, 0.4) is 0 Å². The number of anilines is 3. The number of halogens is 4. The molecule has 10 heteroatoms. The van der Waals surface area contributed by atoms with Gasteiger partial charge in [0.1, 0.15) is 24.0 Å². The Bertz CT molecular complexity index is 928. The van der Waals surface area contributed by atoms with Crippen molar-refractivity contribution in [3.63, 3.8) is 0 Å². The Hall–Kier alpha value is -3.17. The van der Waals surface area contributed by atoms with Crippen molar-refractivity contribution in [1.29, 1.82) is 0 Å². The average molecular weight is 380 g/mol. The van der Waals surface area contributed by atoms with Crippen LogP contribution in [0.15, 0.2) is 36.8 Å². The van der Waals surface area contributed by atoms with Crippen LogP contribution >= 0.6 is 0 Å². The van der Waals surface area contributed by atoms with Gasteiger partial charge in [-0.1, -0.05) is 0 Å². The van der Waals surface area contributed by atoms with Crippen LogP contribution < -0.4 is 10.6 Å². The van der Waals surface area contributed by atoms with E-state index in [0.717, 1.165) is 22.9 Å². The van der Waals surface area contributed by atoms with Crippen LogP contribution in [0.5, 0.6) is 0 Å². The number of rotatable bonds is 7. The second-order valence-electron chi connectivity index (χ2n) is 5.78. The monoisotopic (exact) mass is 380 g/mol. The molecule has 0 amide bonds. The summed E-state index contributed by atoms with van der Waals surface area (Å²) in [4.78, 5) is 8.38. The summed E-state index contributed by atoms with van der Waals surface area (Å²) in [5.41, 5.74) is 1.31. The lowest BCUT2D eigenvalue weighted by Crippen LogP contribution is -2.08. The van der Waals surface area contributed by atoms with Crippen molar-refractivity contribution in [1.82, 2.24) is 19.7 Å². The third-order valence-corrected chi connectivity index (χ3v) is 3.64. The molecule has 3 aromatic rings. The molecular formula is C17H16F4N6. The van der Waals surface area contributed by atoms with Gasteiger partial charge in [0.05, 0.1) is 11.9 Å². The smallest absolute Gasteiger partial charge is 0.257 e. The maximum absolute atomic E-state index is 13.7. The van der Waals surface area contributed by atoms with Crippen molar-refractivity contribution in [2.45, 2.75) is 26.4 Å². The molecule has 0 saturated carbocycles. The molecule has 3 rings (SSSR count). The van der Waals surface area contributed by atoms with E-state index in [1.54, 1.807) is 13.1 Å². The second-order valence-corrected chi connectivity index (χ2v) is 5.78. The van der Waals surface area contributed by atoms with Gasteiger partial charge in [0, 0.05) is 30.1 Å². The van der Waals surface area contributed by atoms with Crippen molar-refractivity contribution in [3.05, 3.63) is 59.6 Å². The van der Waals surface area contributed by atoms with E-state index in [0.29, 0.717) is 17.1 Å². The Morgan fingerprint density at radius 2 is 2.00 bits per heavy atom.